The highest BCUT2D eigenvalue weighted by molar-refractivity contribution is 7.13. The first kappa shape index (κ1) is 13.8. The van der Waals surface area contributed by atoms with Crippen LogP contribution >= 0.6 is 11.3 Å². The van der Waals surface area contributed by atoms with Crippen LogP contribution in [0.2, 0.25) is 0 Å². The lowest BCUT2D eigenvalue weighted by atomic mass is 10.1. The first-order chi connectivity index (χ1) is 10.1. The number of carboxylic acids is 1. The third-order valence-electron chi connectivity index (χ3n) is 3.63. The Labute approximate surface area is 125 Å². The molecule has 0 saturated carbocycles. The number of aromatic nitrogens is 2. The summed E-state index contributed by atoms with van der Waals surface area (Å²) in [6, 6.07) is 5.39. The average Bonchev–Trinajstić information content (AvgIpc) is 3.18. The van der Waals surface area contributed by atoms with Crippen LogP contribution in [0.25, 0.3) is 10.6 Å². The molecule has 110 valence electrons. The number of carboxylic acid groups (broad SMARTS) is 1. The van der Waals surface area contributed by atoms with Gasteiger partial charge >= 0.3 is 5.97 Å². The molecule has 1 amide bonds. The summed E-state index contributed by atoms with van der Waals surface area (Å²) in [7, 11) is 0. The van der Waals surface area contributed by atoms with E-state index in [0.29, 0.717) is 12.2 Å². The van der Waals surface area contributed by atoms with Crippen LogP contribution in [0.3, 0.4) is 0 Å². The molecule has 3 heterocycles. The average molecular weight is 305 g/mol. The molecule has 0 radical (unpaired) electrons. The van der Waals surface area contributed by atoms with E-state index in [1.165, 1.54) is 0 Å². The van der Waals surface area contributed by atoms with Crippen molar-refractivity contribution >= 4 is 23.2 Å². The van der Waals surface area contributed by atoms with Crippen LogP contribution in [0.4, 0.5) is 0 Å². The summed E-state index contributed by atoms with van der Waals surface area (Å²) in [5, 5.41) is 17.8. The molecule has 2 aromatic heterocycles. The van der Waals surface area contributed by atoms with Crippen molar-refractivity contribution in [3.05, 3.63) is 29.3 Å². The van der Waals surface area contributed by atoms with E-state index < -0.39 is 5.97 Å². The van der Waals surface area contributed by atoms with E-state index in [1.54, 1.807) is 22.3 Å². The van der Waals surface area contributed by atoms with Crippen LogP contribution < -0.4 is 0 Å². The molecule has 2 aromatic rings. The molecule has 0 spiro atoms. The molecule has 6 nitrogen and oxygen atoms in total. The minimum absolute atomic E-state index is 0.00601. The minimum Gasteiger partial charge on any atom is -0.481 e. The second-order valence-corrected chi connectivity index (χ2v) is 5.98. The Hall–Kier alpha value is -2.15. The predicted octanol–water partition coefficient (Wildman–Crippen LogP) is 2.22. The summed E-state index contributed by atoms with van der Waals surface area (Å²) in [5.41, 5.74) is 1.15. The van der Waals surface area contributed by atoms with E-state index in [2.05, 4.69) is 10.2 Å². The van der Waals surface area contributed by atoms with Crippen molar-refractivity contribution in [1.82, 2.24) is 15.1 Å². The van der Waals surface area contributed by atoms with Gasteiger partial charge in [-0.3, -0.25) is 14.7 Å². The number of hydrogen-bond donors (Lipinski definition) is 2. The fourth-order valence-electron chi connectivity index (χ4n) is 2.65. The third kappa shape index (κ3) is 2.82. The van der Waals surface area contributed by atoms with Gasteiger partial charge in [-0.2, -0.15) is 5.10 Å². The summed E-state index contributed by atoms with van der Waals surface area (Å²) in [4.78, 5) is 26.0. The number of hydrogen-bond acceptors (Lipinski definition) is 4. The van der Waals surface area contributed by atoms with Crippen LogP contribution in [-0.2, 0) is 4.79 Å². The molecule has 3 rings (SSSR count). The summed E-state index contributed by atoms with van der Waals surface area (Å²) in [6.45, 7) is 0.595. The molecular formula is C14H15N3O3S. The van der Waals surface area contributed by atoms with Crippen molar-refractivity contribution in [2.45, 2.75) is 25.3 Å². The van der Waals surface area contributed by atoms with E-state index >= 15 is 0 Å². The van der Waals surface area contributed by atoms with Gasteiger partial charge in [-0.1, -0.05) is 6.07 Å². The van der Waals surface area contributed by atoms with Crippen molar-refractivity contribution < 1.29 is 14.7 Å². The largest absolute Gasteiger partial charge is 0.481 e. The number of nitrogens with zero attached hydrogens (tertiary/aromatic N) is 2. The molecule has 1 fully saturated rings. The lowest BCUT2D eigenvalue weighted by molar-refractivity contribution is -0.137. The van der Waals surface area contributed by atoms with Gasteiger partial charge < -0.3 is 10.0 Å². The van der Waals surface area contributed by atoms with Crippen LogP contribution in [0.15, 0.2) is 23.6 Å². The van der Waals surface area contributed by atoms with Crippen molar-refractivity contribution in [3.8, 4) is 10.6 Å². The van der Waals surface area contributed by atoms with Gasteiger partial charge in [0, 0.05) is 12.6 Å². The second kappa shape index (κ2) is 5.69. The number of likely N-dealkylation sites (tertiary alicyclic amines) is 1. The quantitative estimate of drug-likeness (QED) is 0.907. The second-order valence-electron chi connectivity index (χ2n) is 5.04. The number of carbonyl (C=O) groups excluding carboxylic acids is 1. The van der Waals surface area contributed by atoms with Gasteiger partial charge in [0.2, 0.25) is 0 Å². The molecule has 1 atom stereocenters. The maximum atomic E-state index is 12.5. The normalized spacial score (nSPS) is 18.1. The maximum Gasteiger partial charge on any atom is 0.305 e. The van der Waals surface area contributed by atoms with Gasteiger partial charge in [0.15, 0.2) is 5.69 Å². The van der Waals surface area contributed by atoms with Crippen LogP contribution in [0.1, 0.15) is 29.8 Å². The van der Waals surface area contributed by atoms with Crippen LogP contribution in [-0.4, -0.2) is 44.7 Å². The van der Waals surface area contributed by atoms with Crippen LogP contribution in [0, 0.1) is 0 Å². The fraction of sp³-hybridized carbons (Fsp3) is 0.357. The monoisotopic (exact) mass is 305 g/mol. The van der Waals surface area contributed by atoms with E-state index in [-0.39, 0.29) is 18.4 Å². The topological polar surface area (TPSA) is 86.3 Å². The highest BCUT2D eigenvalue weighted by Gasteiger charge is 2.32. The zero-order chi connectivity index (χ0) is 14.8. The number of aromatic amines is 1. The van der Waals surface area contributed by atoms with E-state index in [1.807, 2.05) is 17.5 Å². The lowest BCUT2D eigenvalue weighted by Gasteiger charge is -2.22. The van der Waals surface area contributed by atoms with Gasteiger partial charge in [-0.05, 0) is 30.4 Å². The molecule has 1 saturated heterocycles. The minimum atomic E-state index is -0.874. The Balaban J connectivity index is 1.77. The first-order valence-corrected chi connectivity index (χ1v) is 7.65. The number of rotatable bonds is 4. The number of H-pyrrole nitrogens is 1. The zero-order valence-corrected chi connectivity index (χ0v) is 12.1. The highest BCUT2D eigenvalue weighted by atomic mass is 32.1. The Kier molecular flexibility index (Phi) is 3.74. The molecule has 1 unspecified atom stereocenters. The number of thiophene rings is 1. The SMILES string of the molecule is O=C(O)CC1CCCN1C(=O)c1cc(-c2cccs2)[nH]n1. The number of amides is 1. The molecule has 21 heavy (non-hydrogen) atoms. The van der Waals surface area contributed by atoms with Gasteiger partial charge in [0.1, 0.15) is 0 Å². The molecular weight excluding hydrogens is 290 g/mol. The molecule has 0 aromatic carbocycles. The molecule has 1 aliphatic heterocycles. The standard InChI is InChI=1S/C14H15N3O3S/c18-13(19)7-9-3-1-5-17(9)14(20)11-8-10(15-16-11)12-4-2-6-21-12/h2,4,6,8-9H,1,3,5,7H2,(H,15,16)(H,18,19). The van der Waals surface area contributed by atoms with Crippen molar-refractivity contribution in [1.29, 1.82) is 0 Å². The summed E-state index contributed by atoms with van der Waals surface area (Å²) in [5.74, 6) is -1.07. The summed E-state index contributed by atoms with van der Waals surface area (Å²) < 4.78 is 0. The molecule has 2 N–H and O–H groups in total. The van der Waals surface area contributed by atoms with Gasteiger partial charge in [-0.15, -0.1) is 11.3 Å². The van der Waals surface area contributed by atoms with Crippen molar-refractivity contribution in [3.63, 3.8) is 0 Å². The summed E-state index contributed by atoms with van der Waals surface area (Å²) >= 11 is 1.57. The maximum absolute atomic E-state index is 12.5. The Bertz CT molecular complexity index is 650. The molecule has 1 aliphatic rings. The smallest absolute Gasteiger partial charge is 0.305 e. The zero-order valence-electron chi connectivity index (χ0n) is 11.3. The van der Waals surface area contributed by atoms with Crippen LogP contribution in [0.5, 0.6) is 0 Å². The third-order valence-corrected chi connectivity index (χ3v) is 4.54. The fourth-order valence-corrected chi connectivity index (χ4v) is 3.35. The Morgan fingerprint density at radius 1 is 1.52 bits per heavy atom. The Morgan fingerprint density at radius 2 is 2.38 bits per heavy atom. The number of carbonyl (C=O) groups is 2. The summed E-state index contributed by atoms with van der Waals surface area (Å²) in [6.07, 6.45) is 1.57. The van der Waals surface area contributed by atoms with Gasteiger partial charge in [0.05, 0.1) is 17.0 Å². The van der Waals surface area contributed by atoms with E-state index in [0.717, 1.165) is 23.4 Å². The molecule has 0 bridgehead atoms. The van der Waals surface area contributed by atoms with E-state index in [9.17, 15) is 9.59 Å². The van der Waals surface area contributed by atoms with Crippen molar-refractivity contribution in [2.24, 2.45) is 0 Å². The number of nitrogens with one attached hydrogen (secondary N) is 1. The van der Waals surface area contributed by atoms with E-state index in [4.69, 9.17) is 5.11 Å². The Morgan fingerprint density at radius 3 is 3.10 bits per heavy atom. The first-order valence-electron chi connectivity index (χ1n) is 6.77. The van der Waals surface area contributed by atoms with Gasteiger partial charge in [0.25, 0.3) is 5.91 Å². The highest BCUT2D eigenvalue weighted by Crippen LogP contribution is 2.26. The molecule has 0 aliphatic carbocycles. The lowest BCUT2D eigenvalue weighted by Crippen LogP contribution is -2.37. The number of aliphatic carboxylic acids is 1. The predicted molar refractivity (Wildman–Crippen MR) is 78.2 cm³/mol. The molecule has 7 heteroatoms. The van der Waals surface area contributed by atoms with Crippen molar-refractivity contribution in [2.75, 3.05) is 6.54 Å². The van der Waals surface area contributed by atoms with Gasteiger partial charge in [-0.25, -0.2) is 0 Å².